The van der Waals surface area contributed by atoms with E-state index in [-0.39, 0.29) is 23.7 Å². The van der Waals surface area contributed by atoms with Gasteiger partial charge in [0.25, 0.3) is 0 Å². The van der Waals surface area contributed by atoms with E-state index in [0.717, 1.165) is 78.0 Å². The molecule has 358 valence electrons. The van der Waals surface area contributed by atoms with Gasteiger partial charge in [0.15, 0.2) is 11.2 Å². The molecule has 2 aromatic heterocycles. The second kappa shape index (κ2) is 17.1. The Balaban J connectivity index is 1.26. The summed E-state index contributed by atoms with van der Waals surface area (Å²) in [7, 11) is 0. The first-order chi connectivity index (χ1) is 34.7. The number of anilines is 6. The molecule has 0 unspecified atom stereocenters. The van der Waals surface area contributed by atoms with Crippen LogP contribution >= 0.6 is 0 Å². The van der Waals surface area contributed by atoms with Crippen LogP contribution in [0.1, 0.15) is 124 Å². The van der Waals surface area contributed by atoms with E-state index in [1.165, 1.54) is 76.8 Å². The first-order valence-electron chi connectivity index (χ1n) is 26.1. The number of hydrogen-bond donors (Lipinski definition) is 0. The van der Waals surface area contributed by atoms with Crippen molar-refractivity contribution in [3.05, 3.63) is 190 Å². The smallest absolute Gasteiger partial charge is 0.159 e. The fourth-order valence-corrected chi connectivity index (χ4v) is 12.2. The second-order valence-electron chi connectivity index (χ2n) is 22.0. The lowest BCUT2D eigenvalue weighted by Gasteiger charge is -2.33. The van der Waals surface area contributed by atoms with Crippen molar-refractivity contribution >= 4 is 110 Å². The fourth-order valence-electron chi connectivity index (χ4n) is 12.2. The van der Waals surface area contributed by atoms with Crippen molar-refractivity contribution in [3.63, 3.8) is 0 Å². The molecule has 0 bridgehead atoms. The molecule has 0 fully saturated rings. The summed E-state index contributed by atoms with van der Waals surface area (Å²) in [5.41, 5.74) is 20.4. The Morgan fingerprint density at radius 2 is 0.653 bits per heavy atom. The zero-order valence-electron chi connectivity index (χ0n) is 43.9. The van der Waals surface area contributed by atoms with E-state index in [1.54, 1.807) is 0 Å². The van der Waals surface area contributed by atoms with Gasteiger partial charge in [0.1, 0.15) is 11.2 Å². The highest BCUT2D eigenvalue weighted by Gasteiger charge is 2.31. The minimum absolute atomic E-state index is 0.217. The summed E-state index contributed by atoms with van der Waals surface area (Å²) in [6.07, 6.45) is 0. The Morgan fingerprint density at radius 1 is 0.319 bits per heavy atom. The maximum absolute atomic E-state index is 7.07. The van der Waals surface area contributed by atoms with E-state index in [1.807, 2.05) is 0 Å². The SMILES string of the molecule is Cc1cc(C)cc(N(c2cc(C(C)C)c3ccc4c(N(c5cc(C)cc(C)c5)c5c(C(C)C)ccc6c5oc5ccccc56)cc(C(C)C)c5ccc2c3c54)c2c(C(C)C)ccc3c2oc2ccccc23)c1. The maximum Gasteiger partial charge on any atom is 0.159 e. The van der Waals surface area contributed by atoms with Crippen LogP contribution in [0.5, 0.6) is 0 Å². The molecular formula is C68H64N2O2. The first kappa shape index (κ1) is 45.6. The third kappa shape index (κ3) is 7.08. The molecule has 0 saturated carbocycles. The van der Waals surface area contributed by atoms with Gasteiger partial charge < -0.3 is 18.6 Å². The molecule has 0 aliphatic heterocycles. The van der Waals surface area contributed by atoms with E-state index < -0.39 is 0 Å². The van der Waals surface area contributed by atoms with Crippen LogP contribution in [0, 0.1) is 27.7 Å². The minimum atomic E-state index is 0.217. The Labute approximate surface area is 423 Å². The van der Waals surface area contributed by atoms with Gasteiger partial charge in [0.05, 0.1) is 22.7 Å². The van der Waals surface area contributed by atoms with Gasteiger partial charge in [-0.25, -0.2) is 0 Å². The molecule has 0 saturated heterocycles. The molecule has 4 nitrogen and oxygen atoms in total. The quantitative estimate of drug-likeness (QED) is 0.128. The summed E-state index contributed by atoms with van der Waals surface area (Å²) in [6.45, 7) is 27.5. The van der Waals surface area contributed by atoms with Gasteiger partial charge in [-0.05, 0) is 166 Å². The van der Waals surface area contributed by atoms with E-state index >= 15 is 0 Å². The first-order valence-corrected chi connectivity index (χ1v) is 26.1. The molecule has 2 heterocycles. The maximum atomic E-state index is 7.07. The number of hydrogen-bond acceptors (Lipinski definition) is 4. The molecule has 0 aliphatic carbocycles. The van der Waals surface area contributed by atoms with E-state index in [2.05, 4.69) is 238 Å². The van der Waals surface area contributed by atoms with Gasteiger partial charge >= 0.3 is 0 Å². The second-order valence-corrected chi connectivity index (χ2v) is 22.0. The number of rotatable bonds is 10. The van der Waals surface area contributed by atoms with Crippen molar-refractivity contribution in [2.75, 3.05) is 9.80 Å². The summed E-state index contributed by atoms with van der Waals surface area (Å²) in [5, 5.41) is 12.1. The lowest BCUT2D eigenvalue weighted by Crippen LogP contribution is -2.16. The summed E-state index contributed by atoms with van der Waals surface area (Å²) in [5.74, 6) is 0.900. The predicted molar refractivity (Wildman–Crippen MR) is 309 cm³/mol. The van der Waals surface area contributed by atoms with Crippen molar-refractivity contribution in [2.24, 2.45) is 0 Å². The highest BCUT2D eigenvalue weighted by atomic mass is 16.3. The molecule has 0 aliphatic rings. The number of aryl methyl sites for hydroxylation is 4. The van der Waals surface area contributed by atoms with Crippen LogP contribution in [0.25, 0.3) is 76.2 Å². The van der Waals surface area contributed by atoms with Crippen LogP contribution in [-0.4, -0.2) is 0 Å². The monoisotopic (exact) mass is 940 g/mol. The lowest BCUT2D eigenvalue weighted by molar-refractivity contribution is 0.667. The van der Waals surface area contributed by atoms with E-state index in [0.29, 0.717) is 0 Å². The van der Waals surface area contributed by atoms with Gasteiger partial charge in [0, 0.05) is 43.7 Å². The summed E-state index contributed by atoms with van der Waals surface area (Å²) >= 11 is 0. The standard InChI is InChI=1S/C68H64N2O2/c1-37(2)47-21-25-53-49-17-13-15-19-61(49)71-67(53)65(47)69(45-31-41(9)29-42(10)32-45)59-35-57(39(5)6)51-24-28-56-60(36-58(40(7)8)52-23-27-55(59)63(51)64(52)56)70(46-33-43(11)30-44(12)34-46)66-48(38(3)4)22-26-54-50-18-14-16-20-62(50)72-68(54)66/h13-40H,1-12H3. The van der Waals surface area contributed by atoms with Crippen molar-refractivity contribution in [1.29, 1.82) is 0 Å². The fraction of sp³-hybridized carbons (Fsp3) is 0.235. The zero-order valence-corrected chi connectivity index (χ0v) is 43.9. The summed E-state index contributed by atoms with van der Waals surface area (Å²) < 4.78 is 14.1. The van der Waals surface area contributed by atoms with Crippen molar-refractivity contribution < 1.29 is 8.83 Å². The Bertz CT molecular complexity index is 3810. The van der Waals surface area contributed by atoms with Gasteiger partial charge in [-0.3, -0.25) is 0 Å². The Hall–Kier alpha value is -7.56. The highest BCUT2D eigenvalue weighted by Crippen LogP contribution is 2.55. The average Bonchev–Trinajstić information content (AvgIpc) is 3.92. The van der Waals surface area contributed by atoms with Gasteiger partial charge in [0.2, 0.25) is 0 Å². The summed E-state index contributed by atoms with van der Waals surface area (Å²) in [6, 6.07) is 54.9. The van der Waals surface area contributed by atoms with Crippen molar-refractivity contribution in [2.45, 2.75) is 107 Å². The number of para-hydroxylation sites is 2. The van der Waals surface area contributed by atoms with Crippen LogP contribution in [0.4, 0.5) is 34.1 Å². The zero-order chi connectivity index (χ0) is 50.0. The molecule has 0 amide bonds. The van der Waals surface area contributed by atoms with Gasteiger partial charge in [-0.1, -0.05) is 152 Å². The molecule has 12 aromatic rings. The lowest BCUT2D eigenvalue weighted by atomic mass is 9.83. The molecular weight excluding hydrogens is 877 g/mol. The minimum Gasteiger partial charge on any atom is -0.454 e. The van der Waals surface area contributed by atoms with Crippen molar-refractivity contribution in [1.82, 2.24) is 0 Å². The van der Waals surface area contributed by atoms with E-state index in [4.69, 9.17) is 8.83 Å². The van der Waals surface area contributed by atoms with E-state index in [9.17, 15) is 0 Å². The summed E-state index contributed by atoms with van der Waals surface area (Å²) in [4.78, 5) is 5.11. The third-order valence-corrected chi connectivity index (χ3v) is 15.4. The number of nitrogens with zero attached hydrogens (tertiary/aromatic N) is 2. The number of furan rings is 2. The topological polar surface area (TPSA) is 32.8 Å². The molecule has 0 radical (unpaired) electrons. The predicted octanol–water partition coefficient (Wildman–Crippen LogP) is 21.0. The van der Waals surface area contributed by atoms with Crippen LogP contribution < -0.4 is 9.80 Å². The number of fused-ring (bicyclic) bond motifs is 6. The molecule has 0 spiro atoms. The highest BCUT2D eigenvalue weighted by molar-refractivity contribution is 6.30. The number of benzene rings is 10. The van der Waals surface area contributed by atoms with Crippen LogP contribution in [-0.2, 0) is 0 Å². The van der Waals surface area contributed by atoms with Crippen LogP contribution in [0.15, 0.2) is 154 Å². The molecule has 10 aromatic carbocycles. The van der Waals surface area contributed by atoms with Crippen molar-refractivity contribution in [3.8, 4) is 0 Å². The Morgan fingerprint density at radius 3 is 1.01 bits per heavy atom. The molecule has 4 heteroatoms. The molecule has 0 N–H and O–H groups in total. The van der Waals surface area contributed by atoms with Gasteiger partial charge in [-0.15, -0.1) is 0 Å². The van der Waals surface area contributed by atoms with Crippen LogP contribution in [0.3, 0.4) is 0 Å². The van der Waals surface area contributed by atoms with Gasteiger partial charge in [-0.2, -0.15) is 0 Å². The average molecular weight is 941 g/mol. The molecule has 12 rings (SSSR count). The van der Waals surface area contributed by atoms with Crippen LogP contribution in [0.2, 0.25) is 0 Å². The normalized spacial score (nSPS) is 12.4. The molecule has 72 heavy (non-hydrogen) atoms. The largest absolute Gasteiger partial charge is 0.454 e. The third-order valence-electron chi connectivity index (χ3n) is 15.4. The Kier molecular flexibility index (Phi) is 10.8. The molecule has 0 atom stereocenters.